The molecule has 1 heterocycles. The molecule has 0 saturated heterocycles. The molecule has 3 heteroatoms. The van der Waals surface area contributed by atoms with Crippen LogP contribution in [-0.4, -0.2) is 17.6 Å². The zero-order valence-corrected chi connectivity index (χ0v) is 21.4. The van der Waals surface area contributed by atoms with Gasteiger partial charge in [0.15, 0.2) is 5.78 Å². The van der Waals surface area contributed by atoms with Gasteiger partial charge in [-0.2, -0.15) is 0 Å². The number of allylic oxidation sites excluding steroid dienone is 7. The SMILES string of the molecule is CCCCCCCCOc1cc2c3c(ccc4c3c1SC1C=CC=C(C)C=41)C(=O)C1C=CC=CC=21. The molecule has 2 unspecified atom stereocenters. The van der Waals surface area contributed by atoms with Crippen molar-refractivity contribution in [2.24, 2.45) is 5.92 Å². The molecule has 2 aromatic carbocycles. The maximum absolute atomic E-state index is 13.5. The zero-order chi connectivity index (χ0) is 23.9. The van der Waals surface area contributed by atoms with Gasteiger partial charge in [0.05, 0.1) is 22.7 Å². The molecule has 1 aliphatic heterocycles. The second-order valence-corrected chi connectivity index (χ2v) is 11.2. The molecule has 0 aromatic heterocycles. The molecular formula is C32H32O2S. The fourth-order valence-corrected chi connectivity index (χ4v) is 7.37. The van der Waals surface area contributed by atoms with E-state index < -0.39 is 0 Å². The van der Waals surface area contributed by atoms with Crippen LogP contribution in [0.3, 0.4) is 0 Å². The van der Waals surface area contributed by atoms with Gasteiger partial charge in [0.2, 0.25) is 0 Å². The molecule has 4 aliphatic rings. The normalized spacial score (nSPS) is 21.3. The Morgan fingerprint density at radius 2 is 1.80 bits per heavy atom. The molecule has 6 rings (SSSR count). The lowest BCUT2D eigenvalue weighted by Gasteiger charge is -2.30. The summed E-state index contributed by atoms with van der Waals surface area (Å²) in [4.78, 5) is 14.7. The highest BCUT2D eigenvalue weighted by molar-refractivity contribution is 8.01. The van der Waals surface area contributed by atoms with Gasteiger partial charge < -0.3 is 4.74 Å². The van der Waals surface area contributed by atoms with E-state index in [2.05, 4.69) is 62.4 Å². The fourth-order valence-electron chi connectivity index (χ4n) is 5.95. The molecule has 0 spiro atoms. The monoisotopic (exact) mass is 480 g/mol. The number of hydrogen-bond donors (Lipinski definition) is 0. The Hall–Kier alpha value is -2.78. The van der Waals surface area contributed by atoms with Gasteiger partial charge in [-0.05, 0) is 46.6 Å². The van der Waals surface area contributed by atoms with Crippen LogP contribution < -0.4 is 15.2 Å². The summed E-state index contributed by atoms with van der Waals surface area (Å²) in [5, 5.41) is 5.02. The predicted molar refractivity (Wildman–Crippen MR) is 148 cm³/mol. The first kappa shape index (κ1) is 22.7. The van der Waals surface area contributed by atoms with Crippen LogP contribution in [0.5, 0.6) is 5.75 Å². The fraction of sp³-hybridized carbons (Fsp3) is 0.344. The summed E-state index contributed by atoms with van der Waals surface area (Å²) >= 11 is 1.88. The first-order chi connectivity index (χ1) is 17.2. The third-order valence-corrected chi connectivity index (χ3v) is 9.01. The smallest absolute Gasteiger partial charge is 0.174 e. The molecule has 0 amide bonds. The molecule has 0 N–H and O–H groups in total. The highest BCUT2D eigenvalue weighted by Gasteiger charge is 2.34. The maximum atomic E-state index is 13.5. The van der Waals surface area contributed by atoms with E-state index in [4.69, 9.17) is 4.74 Å². The highest BCUT2D eigenvalue weighted by atomic mass is 32.2. The number of Topliss-reactive ketones (excluding diaryl/α,β-unsaturated/α-hetero) is 1. The number of thioether (sulfide) groups is 1. The van der Waals surface area contributed by atoms with Gasteiger partial charge in [0.1, 0.15) is 5.75 Å². The van der Waals surface area contributed by atoms with Gasteiger partial charge in [-0.3, -0.25) is 4.79 Å². The molecule has 0 saturated carbocycles. The molecule has 0 radical (unpaired) electrons. The predicted octanol–water partition coefficient (Wildman–Crippen LogP) is 6.81. The van der Waals surface area contributed by atoms with Crippen LogP contribution in [0.4, 0.5) is 0 Å². The van der Waals surface area contributed by atoms with Crippen molar-refractivity contribution in [3.8, 4) is 5.75 Å². The van der Waals surface area contributed by atoms with E-state index in [1.165, 1.54) is 58.8 Å². The summed E-state index contributed by atoms with van der Waals surface area (Å²) in [6, 6.07) is 6.48. The molecule has 2 nitrogen and oxygen atoms in total. The summed E-state index contributed by atoms with van der Waals surface area (Å²) < 4.78 is 6.54. The Morgan fingerprint density at radius 1 is 0.943 bits per heavy atom. The van der Waals surface area contributed by atoms with E-state index in [-0.39, 0.29) is 17.0 Å². The zero-order valence-electron chi connectivity index (χ0n) is 20.6. The van der Waals surface area contributed by atoms with Crippen LogP contribution in [0.25, 0.3) is 21.9 Å². The van der Waals surface area contributed by atoms with Crippen LogP contribution in [-0.2, 0) is 0 Å². The van der Waals surface area contributed by atoms with Crippen molar-refractivity contribution in [2.45, 2.75) is 62.5 Å². The van der Waals surface area contributed by atoms with E-state index in [0.717, 1.165) is 40.5 Å². The van der Waals surface area contributed by atoms with E-state index >= 15 is 0 Å². The molecule has 2 atom stereocenters. The molecular weight excluding hydrogens is 448 g/mol. The number of carbonyl (C=O) groups is 1. The summed E-state index contributed by atoms with van der Waals surface area (Å²) in [5.74, 6) is 0.987. The standard InChI is InChI=1S/C32H32O2S/c1-3-4-5-6-7-10-18-34-26-19-25-21-13-8-9-14-22(21)31(33)24-17-16-23-28-20(2)12-11-15-27(28)35-32(26)30(23)29(24)25/h8-9,11-17,19,22,27H,3-7,10,18H2,1-2H3. The van der Waals surface area contributed by atoms with Crippen molar-refractivity contribution in [1.82, 2.24) is 0 Å². The first-order valence-corrected chi connectivity index (χ1v) is 14.0. The number of ketones is 1. The highest BCUT2D eigenvalue weighted by Crippen LogP contribution is 2.46. The van der Waals surface area contributed by atoms with Gasteiger partial charge in [-0.15, -0.1) is 11.8 Å². The lowest BCUT2D eigenvalue weighted by Crippen LogP contribution is -2.32. The number of hydrogen-bond acceptors (Lipinski definition) is 3. The Morgan fingerprint density at radius 3 is 2.69 bits per heavy atom. The lowest BCUT2D eigenvalue weighted by molar-refractivity contribution is 0.0969. The first-order valence-electron chi connectivity index (χ1n) is 13.1. The molecule has 35 heavy (non-hydrogen) atoms. The Balaban J connectivity index is 1.53. The minimum atomic E-state index is -0.200. The van der Waals surface area contributed by atoms with Crippen molar-refractivity contribution >= 4 is 39.5 Å². The average Bonchev–Trinajstić information content (AvgIpc) is 2.88. The second-order valence-electron chi connectivity index (χ2n) is 10.0. The van der Waals surface area contributed by atoms with Crippen LogP contribution in [0.2, 0.25) is 0 Å². The van der Waals surface area contributed by atoms with Gasteiger partial charge in [0.25, 0.3) is 0 Å². The number of carbonyl (C=O) groups excluding carboxylic acids is 1. The summed E-state index contributed by atoms with van der Waals surface area (Å²) in [6.45, 7) is 5.20. The molecule has 2 aromatic rings. The minimum absolute atomic E-state index is 0.200. The van der Waals surface area contributed by atoms with E-state index in [1.807, 2.05) is 23.9 Å². The van der Waals surface area contributed by atoms with Crippen molar-refractivity contribution in [3.05, 3.63) is 82.3 Å². The Labute approximate surface area is 211 Å². The number of fused-ring (bicyclic) bond motifs is 2. The molecule has 178 valence electrons. The van der Waals surface area contributed by atoms with Crippen LogP contribution in [0, 0.1) is 5.92 Å². The molecule has 0 bridgehead atoms. The topological polar surface area (TPSA) is 26.3 Å². The number of unbranched alkanes of at least 4 members (excludes halogenated alkanes) is 5. The van der Waals surface area contributed by atoms with Crippen molar-refractivity contribution in [2.75, 3.05) is 6.61 Å². The largest absolute Gasteiger partial charge is 0.492 e. The third-order valence-electron chi connectivity index (χ3n) is 7.72. The van der Waals surface area contributed by atoms with Gasteiger partial charge in [0, 0.05) is 16.3 Å². The van der Waals surface area contributed by atoms with Crippen molar-refractivity contribution in [1.29, 1.82) is 0 Å². The van der Waals surface area contributed by atoms with Gasteiger partial charge in [-0.1, -0.05) is 93.7 Å². The van der Waals surface area contributed by atoms with Crippen LogP contribution in [0.1, 0.15) is 62.7 Å². The second kappa shape index (κ2) is 9.35. The summed E-state index contributed by atoms with van der Waals surface area (Å²) in [7, 11) is 0. The van der Waals surface area contributed by atoms with Crippen molar-refractivity contribution in [3.63, 3.8) is 0 Å². The number of ether oxygens (including phenoxy) is 1. The third kappa shape index (κ3) is 3.76. The maximum Gasteiger partial charge on any atom is 0.174 e. The lowest BCUT2D eigenvalue weighted by atomic mass is 9.78. The number of rotatable bonds is 8. The molecule has 0 fully saturated rings. The average molecular weight is 481 g/mol. The minimum Gasteiger partial charge on any atom is -0.492 e. The number of benzene rings is 2. The molecule has 3 aliphatic carbocycles. The quantitative estimate of drug-likeness (QED) is 0.388. The summed E-state index contributed by atoms with van der Waals surface area (Å²) in [6.07, 6.45) is 22.4. The Kier molecular flexibility index (Phi) is 6.06. The van der Waals surface area contributed by atoms with E-state index in [1.54, 1.807) is 0 Å². The van der Waals surface area contributed by atoms with Crippen molar-refractivity contribution < 1.29 is 9.53 Å². The van der Waals surface area contributed by atoms with Crippen LogP contribution >= 0.6 is 11.8 Å². The van der Waals surface area contributed by atoms with E-state index in [9.17, 15) is 4.79 Å². The van der Waals surface area contributed by atoms with Gasteiger partial charge >= 0.3 is 0 Å². The summed E-state index contributed by atoms with van der Waals surface area (Å²) in [5.41, 5.74) is 4.63. The van der Waals surface area contributed by atoms with Crippen LogP contribution in [0.15, 0.2) is 71.2 Å². The van der Waals surface area contributed by atoms with E-state index in [0.29, 0.717) is 0 Å². The Bertz CT molecular complexity index is 1470. The van der Waals surface area contributed by atoms with Gasteiger partial charge in [-0.25, -0.2) is 0 Å².